The molecule has 0 heterocycles. The van der Waals surface area contributed by atoms with Crippen molar-refractivity contribution in [2.45, 2.75) is 31.4 Å². The number of benzene rings is 1. The summed E-state index contributed by atoms with van der Waals surface area (Å²) in [7, 11) is 0. The first-order chi connectivity index (χ1) is 8.43. The molecule has 0 fully saturated rings. The molecule has 0 saturated heterocycles. The zero-order chi connectivity index (χ0) is 15.1. The first kappa shape index (κ1) is 16.5. The lowest BCUT2D eigenvalue weighted by atomic mass is 9.92. The molecule has 0 bridgehead atoms. The Morgan fingerprint density at radius 3 is 1.74 bits per heavy atom. The van der Waals surface area contributed by atoms with Crippen molar-refractivity contribution >= 4 is 22.6 Å². The van der Waals surface area contributed by atoms with Crippen LogP contribution in [-0.4, -0.2) is 12.4 Å². The van der Waals surface area contributed by atoms with Crippen molar-refractivity contribution in [1.82, 2.24) is 0 Å². The maximum atomic E-state index is 13.8. The third-order valence-corrected chi connectivity index (χ3v) is 3.17. The monoisotopic (exact) mass is 400 g/mol. The van der Waals surface area contributed by atoms with Gasteiger partial charge in [0.2, 0.25) is 0 Å². The van der Waals surface area contributed by atoms with Gasteiger partial charge < -0.3 is 0 Å². The number of halogens is 8. The van der Waals surface area contributed by atoms with Crippen molar-refractivity contribution in [2.75, 3.05) is 0 Å². The van der Waals surface area contributed by atoms with Gasteiger partial charge in [0.15, 0.2) is 0 Å². The molecule has 0 nitrogen and oxygen atoms in total. The van der Waals surface area contributed by atoms with Gasteiger partial charge in [0.25, 0.3) is 0 Å². The minimum absolute atomic E-state index is 0.113. The molecule has 108 valence electrons. The predicted molar refractivity (Wildman–Crippen MR) is 63.4 cm³/mol. The van der Waals surface area contributed by atoms with Crippen LogP contribution in [-0.2, 0) is 12.1 Å². The summed E-state index contributed by atoms with van der Waals surface area (Å²) in [5.41, 5.74) is -6.58. The van der Waals surface area contributed by atoms with Gasteiger partial charge in [-0.15, -0.1) is 0 Å². The second kappa shape index (κ2) is 5.10. The fourth-order valence-corrected chi connectivity index (χ4v) is 2.28. The maximum absolute atomic E-state index is 13.8. The second-order valence-electron chi connectivity index (χ2n) is 3.86. The SMILES string of the molecule is CCc1cc(I)cc(C(F)(C(F)(F)F)C(F)(F)F)c1. The van der Waals surface area contributed by atoms with E-state index < -0.39 is 23.6 Å². The molecule has 0 aliphatic heterocycles. The summed E-state index contributed by atoms with van der Waals surface area (Å²) >= 11 is 1.55. The molecule has 1 aromatic rings. The smallest absolute Gasteiger partial charge is 0.218 e. The zero-order valence-electron chi connectivity index (χ0n) is 9.46. The molecule has 0 unspecified atom stereocenters. The highest BCUT2D eigenvalue weighted by Crippen LogP contribution is 2.53. The lowest BCUT2D eigenvalue weighted by Crippen LogP contribution is -2.50. The predicted octanol–water partition coefficient (Wildman–Crippen LogP) is 5.14. The van der Waals surface area contributed by atoms with Crippen LogP contribution in [0, 0.1) is 3.57 Å². The number of hydrogen-bond acceptors (Lipinski definition) is 0. The molecular formula is C11H8F7I. The van der Waals surface area contributed by atoms with Gasteiger partial charge in [0.1, 0.15) is 0 Å². The Balaban J connectivity index is 3.56. The van der Waals surface area contributed by atoms with E-state index in [0.717, 1.165) is 0 Å². The van der Waals surface area contributed by atoms with Gasteiger partial charge in [0.05, 0.1) is 0 Å². The van der Waals surface area contributed by atoms with Gasteiger partial charge in [-0.05, 0) is 46.7 Å². The number of alkyl halides is 7. The molecule has 0 atom stereocenters. The topological polar surface area (TPSA) is 0 Å². The van der Waals surface area contributed by atoms with Crippen LogP contribution in [0.2, 0.25) is 0 Å². The van der Waals surface area contributed by atoms with E-state index in [1.54, 1.807) is 29.5 Å². The van der Waals surface area contributed by atoms with E-state index in [9.17, 15) is 30.7 Å². The largest absolute Gasteiger partial charge is 0.435 e. The summed E-state index contributed by atoms with van der Waals surface area (Å²) in [6, 6.07) is 2.56. The highest BCUT2D eigenvalue weighted by Gasteiger charge is 2.73. The van der Waals surface area contributed by atoms with Gasteiger partial charge in [-0.1, -0.05) is 13.0 Å². The van der Waals surface area contributed by atoms with Crippen LogP contribution >= 0.6 is 22.6 Å². The summed E-state index contributed by atoms with van der Waals surface area (Å²) in [4.78, 5) is 0. The Morgan fingerprint density at radius 1 is 0.895 bits per heavy atom. The van der Waals surface area contributed by atoms with Crippen LogP contribution in [0.4, 0.5) is 30.7 Å². The highest BCUT2D eigenvalue weighted by atomic mass is 127. The van der Waals surface area contributed by atoms with Crippen molar-refractivity contribution in [2.24, 2.45) is 0 Å². The molecule has 0 N–H and O–H groups in total. The van der Waals surface area contributed by atoms with Crippen molar-refractivity contribution in [3.63, 3.8) is 0 Å². The van der Waals surface area contributed by atoms with Gasteiger partial charge >= 0.3 is 18.0 Å². The van der Waals surface area contributed by atoms with Crippen LogP contribution in [0.5, 0.6) is 0 Å². The fourth-order valence-electron chi connectivity index (χ4n) is 1.54. The van der Waals surface area contributed by atoms with Crippen molar-refractivity contribution in [1.29, 1.82) is 0 Å². The summed E-state index contributed by atoms with van der Waals surface area (Å²) in [5, 5.41) is 0. The van der Waals surface area contributed by atoms with E-state index in [2.05, 4.69) is 0 Å². The standard InChI is InChI=1S/C11H8F7I/c1-2-6-3-7(5-8(19)4-6)9(12,10(13,14)15)11(16,17)18/h3-5H,2H2,1H3. The van der Waals surface area contributed by atoms with E-state index in [4.69, 9.17) is 0 Å². The van der Waals surface area contributed by atoms with Crippen LogP contribution < -0.4 is 0 Å². The first-order valence-corrected chi connectivity index (χ1v) is 6.13. The van der Waals surface area contributed by atoms with Crippen molar-refractivity contribution < 1.29 is 30.7 Å². The average Bonchev–Trinajstić information content (AvgIpc) is 2.23. The number of aryl methyl sites for hydroxylation is 1. The van der Waals surface area contributed by atoms with Gasteiger partial charge in [0, 0.05) is 9.13 Å². The molecule has 19 heavy (non-hydrogen) atoms. The minimum atomic E-state index is -6.07. The normalized spacial score (nSPS) is 13.7. The summed E-state index contributed by atoms with van der Waals surface area (Å²) in [6.45, 7) is 1.55. The lowest BCUT2D eigenvalue weighted by molar-refractivity contribution is -0.348. The molecule has 0 radical (unpaired) electrons. The van der Waals surface area contributed by atoms with E-state index in [0.29, 0.717) is 12.1 Å². The molecule has 0 amide bonds. The van der Waals surface area contributed by atoms with E-state index in [1.807, 2.05) is 0 Å². The van der Waals surface area contributed by atoms with E-state index in [-0.39, 0.29) is 15.6 Å². The third-order valence-electron chi connectivity index (χ3n) is 2.54. The van der Waals surface area contributed by atoms with Crippen LogP contribution in [0.25, 0.3) is 0 Å². The van der Waals surface area contributed by atoms with Crippen LogP contribution in [0.1, 0.15) is 18.1 Å². The fraction of sp³-hybridized carbons (Fsp3) is 0.455. The molecule has 0 aliphatic carbocycles. The first-order valence-electron chi connectivity index (χ1n) is 5.05. The Kier molecular flexibility index (Phi) is 4.43. The zero-order valence-corrected chi connectivity index (χ0v) is 11.6. The van der Waals surface area contributed by atoms with Crippen molar-refractivity contribution in [3.8, 4) is 0 Å². The molecule has 1 aromatic carbocycles. The Morgan fingerprint density at radius 2 is 1.37 bits per heavy atom. The second-order valence-corrected chi connectivity index (χ2v) is 5.10. The van der Waals surface area contributed by atoms with Gasteiger partial charge in [-0.25, -0.2) is 4.39 Å². The third kappa shape index (κ3) is 2.97. The van der Waals surface area contributed by atoms with E-state index >= 15 is 0 Å². The van der Waals surface area contributed by atoms with Crippen molar-refractivity contribution in [3.05, 3.63) is 32.9 Å². The molecule has 0 spiro atoms. The van der Waals surface area contributed by atoms with E-state index in [1.165, 1.54) is 6.07 Å². The Hall–Kier alpha value is -0.540. The summed E-state index contributed by atoms with van der Waals surface area (Å²) < 4.78 is 89.2. The molecule has 1 rings (SSSR count). The van der Waals surface area contributed by atoms with Gasteiger partial charge in [-0.3, -0.25) is 0 Å². The quantitative estimate of drug-likeness (QED) is 0.477. The number of hydrogen-bond donors (Lipinski definition) is 0. The van der Waals surface area contributed by atoms with Crippen LogP contribution in [0.3, 0.4) is 0 Å². The Bertz CT molecular complexity index is 447. The number of rotatable bonds is 2. The minimum Gasteiger partial charge on any atom is -0.218 e. The molecule has 0 saturated carbocycles. The average molecular weight is 400 g/mol. The maximum Gasteiger partial charge on any atom is 0.435 e. The molecular weight excluding hydrogens is 392 g/mol. The highest BCUT2D eigenvalue weighted by molar-refractivity contribution is 14.1. The lowest BCUT2D eigenvalue weighted by Gasteiger charge is -2.30. The molecule has 8 heteroatoms. The van der Waals surface area contributed by atoms with Crippen LogP contribution in [0.15, 0.2) is 18.2 Å². The summed E-state index contributed by atoms with van der Waals surface area (Å²) in [5.74, 6) is 0. The molecule has 0 aromatic heterocycles. The Labute approximate surface area is 118 Å². The summed E-state index contributed by atoms with van der Waals surface area (Å²) in [6.07, 6.45) is -11.9. The van der Waals surface area contributed by atoms with Gasteiger partial charge in [-0.2, -0.15) is 26.3 Å². The molecule has 0 aliphatic rings.